The molecule has 0 unspecified atom stereocenters. The molecule has 0 spiro atoms. The van der Waals surface area contributed by atoms with E-state index in [2.05, 4.69) is 6.92 Å². The van der Waals surface area contributed by atoms with Crippen molar-refractivity contribution >= 4 is 17.4 Å². The molecule has 0 atom stereocenters. The summed E-state index contributed by atoms with van der Waals surface area (Å²) in [7, 11) is 0. The molecule has 1 nitrogen and oxygen atoms in total. The lowest BCUT2D eigenvalue weighted by atomic mass is 9.79. The Balaban J connectivity index is 2.21. The number of carbonyl (C=O) groups excluding carboxylic acids is 1. The molecule has 1 aliphatic carbocycles. The molecular formula is C15H18ClFO. The fourth-order valence-electron chi connectivity index (χ4n) is 2.58. The molecule has 1 aliphatic rings. The van der Waals surface area contributed by atoms with Crippen LogP contribution in [-0.2, 0) is 0 Å². The van der Waals surface area contributed by atoms with Gasteiger partial charge in [-0.1, -0.05) is 37.4 Å². The van der Waals surface area contributed by atoms with Gasteiger partial charge in [0.15, 0.2) is 5.78 Å². The maximum atomic E-state index is 13.7. The average Bonchev–Trinajstić information content (AvgIpc) is 2.36. The van der Waals surface area contributed by atoms with Crippen LogP contribution >= 0.6 is 11.6 Å². The monoisotopic (exact) mass is 268 g/mol. The third kappa shape index (κ3) is 2.59. The second-order valence-corrected chi connectivity index (χ2v) is 5.76. The Hall–Kier alpha value is -0.890. The average molecular weight is 269 g/mol. The van der Waals surface area contributed by atoms with Gasteiger partial charge in [0, 0.05) is 11.5 Å². The van der Waals surface area contributed by atoms with E-state index in [0.717, 1.165) is 25.7 Å². The van der Waals surface area contributed by atoms with Crippen LogP contribution in [0.15, 0.2) is 12.1 Å². The van der Waals surface area contributed by atoms with Gasteiger partial charge >= 0.3 is 0 Å². The summed E-state index contributed by atoms with van der Waals surface area (Å²) >= 11 is 5.95. The third-order valence-electron chi connectivity index (χ3n) is 3.93. The minimum Gasteiger partial charge on any atom is -0.294 e. The highest BCUT2D eigenvalue weighted by molar-refractivity contribution is 6.34. The van der Waals surface area contributed by atoms with Crippen LogP contribution in [0, 0.1) is 24.6 Å². The minimum absolute atomic E-state index is 0.00537. The minimum atomic E-state index is -0.466. The van der Waals surface area contributed by atoms with Crippen molar-refractivity contribution in [2.24, 2.45) is 11.8 Å². The maximum Gasteiger partial charge on any atom is 0.167 e. The lowest BCUT2D eigenvalue weighted by Gasteiger charge is -2.25. The quantitative estimate of drug-likeness (QED) is 0.705. The van der Waals surface area contributed by atoms with Crippen LogP contribution in [0.5, 0.6) is 0 Å². The Morgan fingerprint density at radius 1 is 1.28 bits per heavy atom. The highest BCUT2D eigenvalue weighted by Gasteiger charge is 2.27. The van der Waals surface area contributed by atoms with Crippen LogP contribution in [0.25, 0.3) is 0 Å². The molecule has 1 aromatic carbocycles. The van der Waals surface area contributed by atoms with Gasteiger partial charge in [0.05, 0.1) is 5.02 Å². The second-order valence-electron chi connectivity index (χ2n) is 5.38. The molecule has 0 aromatic heterocycles. The Bertz CT molecular complexity index is 462. The summed E-state index contributed by atoms with van der Waals surface area (Å²) in [5.41, 5.74) is 0.827. The molecule has 0 N–H and O–H groups in total. The number of aryl methyl sites for hydroxylation is 1. The number of hydrogen-bond donors (Lipinski definition) is 0. The highest BCUT2D eigenvalue weighted by atomic mass is 35.5. The first kappa shape index (κ1) is 13.5. The molecule has 1 fully saturated rings. The van der Waals surface area contributed by atoms with Crippen LogP contribution in [0.3, 0.4) is 0 Å². The van der Waals surface area contributed by atoms with Crippen LogP contribution in [0.1, 0.15) is 48.5 Å². The van der Waals surface area contributed by atoms with Gasteiger partial charge in [-0.15, -0.1) is 0 Å². The topological polar surface area (TPSA) is 17.1 Å². The fraction of sp³-hybridized carbons (Fsp3) is 0.533. The molecule has 1 aromatic rings. The van der Waals surface area contributed by atoms with Crippen molar-refractivity contribution in [1.82, 2.24) is 0 Å². The fourth-order valence-corrected chi connectivity index (χ4v) is 2.88. The zero-order valence-electron chi connectivity index (χ0n) is 10.8. The smallest absolute Gasteiger partial charge is 0.167 e. The second kappa shape index (κ2) is 5.40. The van der Waals surface area contributed by atoms with Crippen molar-refractivity contribution in [3.05, 3.63) is 34.1 Å². The number of hydrogen-bond acceptors (Lipinski definition) is 1. The molecular weight excluding hydrogens is 251 g/mol. The van der Waals surface area contributed by atoms with E-state index in [-0.39, 0.29) is 16.7 Å². The summed E-state index contributed by atoms with van der Waals surface area (Å²) < 4.78 is 13.7. The first-order valence-electron chi connectivity index (χ1n) is 6.49. The first-order chi connectivity index (χ1) is 8.50. The van der Waals surface area contributed by atoms with Gasteiger partial charge in [-0.05, 0) is 37.3 Å². The van der Waals surface area contributed by atoms with Crippen molar-refractivity contribution in [1.29, 1.82) is 0 Å². The number of ketones is 1. The summed E-state index contributed by atoms with van der Waals surface area (Å²) in [5.74, 6) is 0.248. The van der Waals surface area contributed by atoms with Gasteiger partial charge in [0.25, 0.3) is 0 Å². The molecule has 0 saturated heterocycles. The SMILES string of the molecule is Cc1ccc(C(=O)C2CCC(C)CC2)c(Cl)c1F. The predicted molar refractivity (Wildman–Crippen MR) is 71.6 cm³/mol. The Morgan fingerprint density at radius 3 is 2.50 bits per heavy atom. The van der Waals surface area contributed by atoms with Crippen LogP contribution in [0.4, 0.5) is 4.39 Å². The number of carbonyl (C=O) groups is 1. The summed E-state index contributed by atoms with van der Waals surface area (Å²) in [6.07, 6.45) is 3.93. The van der Waals surface area contributed by atoms with Gasteiger partial charge in [0.2, 0.25) is 0 Å². The summed E-state index contributed by atoms with van der Waals surface area (Å²) in [6, 6.07) is 3.28. The number of Topliss-reactive ketones (excluding diaryl/α,β-unsaturated/α-hetero) is 1. The number of halogens is 2. The van der Waals surface area contributed by atoms with E-state index < -0.39 is 5.82 Å². The van der Waals surface area contributed by atoms with E-state index >= 15 is 0 Å². The zero-order chi connectivity index (χ0) is 13.3. The van der Waals surface area contributed by atoms with Crippen molar-refractivity contribution in [3.8, 4) is 0 Å². The van der Waals surface area contributed by atoms with Crippen LogP contribution < -0.4 is 0 Å². The van der Waals surface area contributed by atoms with Crippen molar-refractivity contribution in [2.45, 2.75) is 39.5 Å². The summed E-state index contributed by atoms with van der Waals surface area (Å²) in [6.45, 7) is 3.86. The molecule has 18 heavy (non-hydrogen) atoms. The van der Waals surface area contributed by atoms with Crippen molar-refractivity contribution in [2.75, 3.05) is 0 Å². The van der Waals surface area contributed by atoms with Gasteiger partial charge in [-0.25, -0.2) is 4.39 Å². The van der Waals surface area contributed by atoms with E-state index in [1.54, 1.807) is 19.1 Å². The van der Waals surface area contributed by atoms with Gasteiger partial charge < -0.3 is 0 Å². The molecule has 0 heterocycles. The van der Waals surface area contributed by atoms with Gasteiger partial charge in [0.1, 0.15) is 5.82 Å². The molecule has 0 aliphatic heterocycles. The van der Waals surface area contributed by atoms with Gasteiger partial charge in [-0.3, -0.25) is 4.79 Å². The van der Waals surface area contributed by atoms with Crippen molar-refractivity contribution in [3.63, 3.8) is 0 Å². The van der Waals surface area contributed by atoms with E-state index in [9.17, 15) is 9.18 Å². The van der Waals surface area contributed by atoms with Crippen LogP contribution in [-0.4, -0.2) is 5.78 Å². The zero-order valence-corrected chi connectivity index (χ0v) is 11.6. The molecule has 3 heteroatoms. The molecule has 98 valence electrons. The lowest BCUT2D eigenvalue weighted by molar-refractivity contribution is 0.0875. The number of benzene rings is 1. The number of rotatable bonds is 2. The highest BCUT2D eigenvalue weighted by Crippen LogP contribution is 2.33. The van der Waals surface area contributed by atoms with E-state index in [0.29, 0.717) is 17.0 Å². The van der Waals surface area contributed by atoms with Crippen molar-refractivity contribution < 1.29 is 9.18 Å². The Kier molecular flexibility index (Phi) is 4.06. The van der Waals surface area contributed by atoms with E-state index in [1.165, 1.54) is 0 Å². The molecule has 0 bridgehead atoms. The molecule has 0 amide bonds. The lowest BCUT2D eigenvalue weighted by Crippen LogP contribution is -2.21. The maximum absolute atomic E-state index is 13.7. The van der Waals surface area contributed by atoms with Crippen LogP contribution in [0.2, 0.25) is 5.02 Å². The Labute approximate surface area is 112 Å². The molecule has 0 radical (unpaired) electrons. The largest absolute Gasteiger partial charge is 0.294 e. The van der Waals surface area contributed by atoms with Gasteiger partial charge in [-0.2, -0.15) is 0 Å². The third-order valence-corrected chi connectivity index (χ3v) is 4.30. The Morgan fingerprint density at radius 2 is 1.89 bits per heavy atom. The standard InChI is InChI=1S/C15H18ClFO/c1-9-3-6-11(7-4-9)15(18)12-8-5-10(2)14(17)13(12)16/h5,8-9,11H,3-4,6-7H2,1-2H3. The first-order valence-corrected chi connectivity index (χ1v) is 6.87. The molecule has 1 saturated carbocycles. The normalized spacial score (nSPS) is 24.0. The molecule has 2 rings (SSSR count). The summed E-state index contributed by atoms with van der Waals surface area (Å²) in [5, 5.41) is -0.0152. The predicted octanol–water partition coefficient (Wildman–Crippen LogP) is 4.80. The van der Waals surface area contributed by atoms with E-state index in [4.69, 9.17) is 11.6 Å². The summed E-state index contributed by atoms with van der Waals surface area (Å²) in [4.78, 5) is 12.3. The van der Waals surface area contributed by atoms with E-state index in [1.807, 2.05) is 0 Å².